The normalized spacial score (nSPS) is 19.2. The average Bonchev–Trinajstić information content (AvgIpc) is 2.78. The fourth-order valence-corrected chi connectivity index (χ4v) is 4.64. The van der Waals surface area contributed by atoms with E-state index in [1.165, 1.54) is 12.0 Å². The van der Waals surface area contributed by atoms with Crippen LogP contribution in [0.4, 0.5) is 0 Å². The van der Waals surface area contributed by atoms with Gasteiger partial charge in [0.05, 0.1) is 6.54 Å². The minimum atomic E-state index is -0.390. The molecule has 4 rings (SSSR count). The maximum Gasteiger partial charge on any atom is 0.244 e. The molecule has 0 aliphatic carbocycles. The van der Waals surface area contributed by atoms with Crippen molar-refractivity contribution in [3.05, 3.63) is 70.2 Å². The van der Waals surface area contributed by atoms with E-state index in [-0.39, 0.29) is 24.4 Å². The molecule has 2 aromatic carbocycles. The van der Waals surface area contributed by atoms with Gasteiger partial charge in [0.25, 0.3) is 0 Å². The molecule has 1 saturated heterocycles. The molecule has 6 heteroatoms. The summed E-state index contributed by atoms with van der Waals surface area (Å²) >= 11 is 6.19. The van der Waals surface area contributed by atoms with Crippen molar-refractivity contribution in [3.63, 3.8) is 0 Å². The number of carbonyl (C=O) groups excluding carboxylic acids is 2. The first-order valence-corrected chi connectivity index (χ1v) is 11.1. The molecule has 1 fully saturated rings. The fourth-order valence-electron chi connectivity index (χ4n) is 4.44. The summed E-state index contributed by atoms with van der Waals surface area (Å²) in [5.74, 6) is 0.0338. The summed E-state index contributed by atoms with van der Waals surface area (Å²) in [6.45, 7) is 2.89. The molecule has 5 nitrogen and oxygen atoms in total. The topological polar surface area (TPSA) is 52.7 Å². The van der Waals surface area contributed by atoms with Crippen LogP contribution in [0.2, 0.25) is 5.02 Å². The van der Waals surface area contributed by atoms with Gasteiger partial charge in [0.15, 0.2) is 0 Å². The summed E-state index contributed by atoms with van der Waals surface area (Å²) in [5.41, 5.74) is 3.14. The molecule has 1 atom stereocenters. The molecule has 158 valence electrons. The molecule has 0 saturated carbocycles. The number of fused-ring (bicyclic) bond motifs is 1. The molecule has 2 aromatic rings. The van der Waals surface area contributed by atoms with E-state index in [1.54, 1.807) is 0 Å². The Morgan fingerprint density at radius 1 is 0.967 bits per heavy atom. The second-order valence-electron chi connectivity index (χ2n) is 8.08. The lowest BCUT2D eigenvalue weighted by Gasteiger charge is -2.39. The Labute approximate surface area is 183 Å². The highest BCUT2D eigenvalue weighted by molar-refractivity contribution is 6.31. The van der Waals surface area contributed by atoms with Gasteiger partial charge < -0.3 is 10.2 Å². The number of piperidine rings is 1. The van der Waals surface area contributed by atoms with Crippen molar-refractivity contribution in [2.45, 2.75) is 38.3 Å². The van der Waals surface area contributed by atoms with Gasteiger partial charge in [-0.1, -0.05) is 54.1 Å². The zero-order valence-corrected chi connectivity index (χ0v) is 17.9. The second kappa shape index (κ2) is 9.63. The predicted molar refractivity (Wildman–Crippen MR) is 118 cm³/mol. The third-order valence-corrected chi connectivity index (χ3v) is 6.43. The third-order valence-electron chi connectivity index (χ3n) is 6.07. The van der Waals surface area contributed by atoms with Crippen molar-refractivity contribution < 1.29 is 9.59 Å². The first-order valence-electron chi connectivity index (χ1n) is 10.7. The SMILES string of the molecule is O=C(CN1CCc2ccccc2[C@@H]1C(=O)N1CCCCC1)NCc1ccccc1Cl. The molecule has 2 heterocycles. The van der Waals surface area contributed by atoms with Crippen LogP contribution in [0.1, 0.15) is 42.0 Å². The van der Waals surface area contributed by atoms with Crippen LogP contribution in [0.3, 0.4) is 0 Å². The van der Waals surface area contributed by atoms with Crippen molar-refractivity contribution in [1.82, 2.24) is 15.1 Å². The molecule has 2 aliphatic heterocycles. The number of hydrogen-bond donors (Lipinski definition) is 1. The summed E-state index contributed by atoms with van der Waals surface area (Å²) in [5, 5.41) is 3.60. The van der Waals surface area contributed by atoms with Crippen LogP contribution in [0.5, 0.6) is 0 Å². The van der Waals surface area contributed by atoms with Crippen LogP contribution in [0.25, 0.3) is 0 Å². The molecule has 1 N–H and O–H groups in total. The van der Waals surface area contributed by atoms with E-state index in [0.29, 0.717) is 18.1 Å². The Morgan fingerprint density at radius 2 is 1.70 bits per heavy atom. The van der Waals surface area contributed by atoms with E-state index in [9.17, 15) is 9.59 Å². The number of likely N-dealkylation sites (tertiary alicyclic amines) is 1. The predicted octanol–water partition coefficient (Wildman–Crippen LogP) is 3.57. The molecule has 2 amide bonds. The largest absolute Gasteiger partial charge is 0.351 e. The Hall–Kier alpha value is -2.37. The number of nitrogens with zero attached hydrogens (tertiary/aromatic N) is 2. The standard InChI is InChI=1S/C24H28ClN3O2/c25-21-11-5-3-9-19(21)16-26-22(29)17-28-15-12-18-8-2-4-10-20(18)23(28)24(30)27-13-6-1-7-14-27/h2-5,8-11,23H,1,6-7,12-17H2,(H,26,29)/t23-/m1/s1. The van der Waals surface area contributed by atoms with Gasteiger partial charge in [0.2, 0.25) is 11.8 Å². The van der Waals surface area contributed by atoms with Crippen molar-refractivity contribution in [2.75, 3.05) is 26.2 Å². The van der Waals surface area contributed by atoms with E-state index in [2.05, 4.69) is 11.4 Å². The van der Waals surface area contributed by atoms with Gasteiger partial charge in [-0.25, -0.2) is 0 Å². The number of hydrogen-bond acceptors (Lipinski definition) is 3. The van der Waals surface area contributed by atoms with E-state index in [0.717, 1.165) is 43.5 Å². The van der Waals surface area contributed by atoms with Gasteiger partial charge in [0.1, 0.15) is 6.04 Å². The molecule has 0 unspecified atom stereocenters. The summed E-state index contributed by atoms with van der Waals surface area (Å²) in [6, 6.07) is 15.2. The Bertz CT molecular complexity index is 911. The lowest BCUT2D eigenvalue weighted by atomic mass is 9.91. The number of rotatable bonds is 5. The van der Waals surface area contributed by atoms with Crippen molar-refractivity contribution in [1.29, 1.82) is 0 Å². The van der Waals surface area contributed by atoms with Crippen molar-refractivity contribution >= 4 is 23.4 Å². The molecule has 2 aliphatic rings. The zero-order chi connectivity index (χ0) is 20.9. The smallest absolute Gasteiger partial charge is 0.244 e. The van der Waals surface area contributed by atoms with Crippen LogP contribution in [0.15, 0.2) is 48.5 Å². The minimum Gasteiger partial charge on any atom is -0.351 e. The van der Waals surface area contributed by atoms with Crippen molar-refractivity contribution in [3.8, 4) is 0 Å². The summed E-state index contributed by atoms with van der Waals surface area (Å²) in [7, 11) is 0. The molecule has 0 bridgehead atoms. The Kier molecular flexibility index (Phi) is 6.70. The maximum absolute atomic E-state index is 13.5. The monoisotopic (exact) mass is 425 g/mol. The number of halogens is 1. The molecule has 0 spiro atoms. The highest BCUT2D eigenvalue weighted by Gasteiger charge is 2.36. The van der Waals surface area contributed by atoms with Gasteiger partial charge in [0, 0.05) is 31.2 Å². The van der Waals surface area contributed by atoms with E-state index in [4.69, 9.17) is 11.6 Å². The summed E-state index contributed by atoms with van der Waals surface area (Å²) in [6.07, 6.45) is 4.13. The first kappa shape index (κ1) is 20.9. The van der Waals surface area contributed by atoms with Crippen LogP contribution in [0, 0.1) is 0 Å². The van der Waals surface area contributed by atoms with Crippen LogP contribution in [-0.2, 0) is 22.6 Å². The van der Waals surface area contributed by atoms with E-state index >= 15 is 0 Å². The lowest BCUT2D eigenvalue weighted by Crippen LogP contribution is -2.50. The fraction of sp³-hybridized carbons (Fsp3) is 0.417. The van der Waals surface area contributed by atoms with Gasteiger partial charge in [-0.2, -0.15) is 0 Å². The zero-order valence-electron chi connectivity index (χ0n) is 17.1. The number of nitrogens with one attached hydrogen (secondary N) is 1. The first-order chi connectivity index (χ1) is 14.6. The minimum absolute atomic E-state index is 0.0919. The second-order valence-corrected chi connectivity index (χ2v) is 8.48. The van der Waals surface area contributed by atoms with Gasteiger partial charge >= 0.3 is 0 Å². The lowest BCUT2D eigenvalue weighted by molar-refractivity contribution is -0.139. The summed E-state index contributed by atoms with van der Waals surface area (Å²) < 4.78 is 0. The number of carbonyl (C=O) groups is 2. The summed E-state index contributed by atoms with van der Waals surface area (Å²) in [4.78, 5) is 30.2. The Morgan fingerprint density at radius 3 is 2.50 bits per heavy atom. The quantitative estimate of drug-likeness (QED) is 0.796. The van der Waals surface area contributed by atoms with Crippen LogP contribution in [-0.4, -0.2) is 47.8 Å². The maximum atomic E-state index is 13.5. The Balaban J connectivity index is 1.48. The van der Waals surface area contributed by atoms with Gasteiger partial charge in [-0.3, -0.25) is 14.5 Å². The van der Waals surface area contributed by atoms with E-state index < -0.39 is 0 Å². The van der Waals surface area contributed by atoms with Crippen LogP contribution >= 0.6 is 11.6 Å². The van der Waals surface area contributed by atoms with Gasteiger partial charge in [-0.15, -0.1) is 0 Å². The van der Waals surface area contributed by atoms with E-state index in [1.807, 2.05) is 52.3 Å². The average molecular weight is 426 g/mol. The molecular weight excluding hydrogens is 398 g/mol. The van der Waals surface area contributed by atoms with Crippen molar-refractivity contribution in [2.24, 2.45) is 0 Å². The molecule has 0 aromatic heterocycles. The third kappa shape index (κ3) is 4.68. The van der Waals surface area contributed by atoms with Gasteiger partial charge in [-0.05, 0) is 48.4 Å². The highest BCUT2D eigenvalue weighted by atomic mass is 35.5. The number of benzene rings is 2. The van der Waals surface area contributed by atoms with Crippen LogP contribution < -0.4 is 5.32 Å². The molecule has 30 heavy (non-hydrogen) atoms. The highest BCUT2D eigenvalue weighted by Crippen LogP contribution is 2.32. The molecular formula is C24H28ClN3O2. The number of amides is 2. The molecule has 0 radical (unpaired) electrons.